The molecule has 28 heavy (non-hydrogen) atoms. The number of carbonyl (C=O) groups is 2. The van der Waals surface area contributed by atoms with Crippen molar-refractivity contribution in [2.75, 3.05) is 5.75 Å². The molecule has 2 amide bonds. The lowest BCUT2D eigenvalue weighted by Gasteiger charge is -2.09. The van der Waals surface area contributed by atoms with Gasteiger partial charge in [-0.15, -0.1) is 23.1 Å². The highest BCUT2D eigenvalue weighted by molar-refractivity contribution is 7.99. The van der Waals surface area contributed by atoms with Crippen LogP contribution in [-0.4, -0.2) is 27.1 Å². The Labute approximate surface area is 169 Å². The fraction of sp³-hybridized carbons (Fsp3) is 0.263. The van der Waals surface area contributed by atoms with Gasteiger partial charge in [-0.3, -0.25) is 29.8 Å². The van der Waals surface area contributed by atoms with Crippen molar-refractivity contribution >= 4 is 45.8 Å². The van der Waals surface area contributed by atoms with Gasteiger partial charge in [-0.2, -0.15) is 0 Å². The Morgan fingerprint density at radius 3 is 2.96 bits per heavy atom. The van der Waals surface area contributed by atoms with Gasteiger partial charge in [-0.05, 0) is 36.1 Å². The Morgan fingerprint density at radius 1 is 1.25 bits per heavy atom. The Bertz CT molecular complexity index is 1090. The van der Waals surface area contributed by atoms with Crippen LogP contribution in [0, 0.1) is 0 Å². The van der Waals surface area contributed by atoms with Crippen LogP contribution in [0.3, 0.4) is 0 Å². The van der Waals surface area contributed by atoms with E-state index < -0.39 is 5.91 Å². The van der Waals surface area contributed by atoms with Crippen LogP contribution in [0.4, 0.5) is 0 Å². The molecule has 0 spiro atoms. The largest absolute Gasteiger partial charge is 0.296 e. The molecule has 0 bridgehead atoms. The van der Waals surface area contributed by atoms with Crippen LogP contribution in [0.5, 0.6) is 0 Å². The number of nitrogens with zero attached hydrogens (tertiary/aromatic N) is 2. The molecule has 1 aliphatic rings. The molecule has 3 aromatic rings. The van der Waals surface area contributed by atoms with Crippen LogP contribution in [-0.2, 0) is 23.5 Å². The molecular formula is C19H18N4O3S2. The Morgan fingerprint density at radius 2 is 2.14 bits per heavy atom. The highest BCUT2D eigenvalue weighted by atomic mass is 32.2. The second-order valence-electron chi connectivity index (χ2n) is 6.39. The number of hydrazine groups is 1. The molecule has 2 N–H and O–H groups in total. The monoisotopic (exact) mass is 414 g/mol. The zero-order valence-corrected chi connectivity index (χ0v) is 16.6. The number of carbonyl (C=O) groups excluding carboxylic acids is 2. The van der Waals surface area contributed by atoms with E-state index in [1.807, 2.05) is 17.5 Å². The van der Waals surface area contributed by atoms with E-state index in [0.29, 0.717) is 23.0 Å². The van der Waals surface area contributed by atoms with E-state index in [4.69, 9.17) is 0 Å². The second-order valence-corrected chi connectivity index (χ2v) is 8.41. The molecule has 9 heteroatoms. The van der Waals surface area contributed by atoms with E-state index in [2.05, 4.69) is 15.8 Å². The molecule has 0 saturated heterocycles. The maximum atomic E-state index is 12.5. The minimum absolute atomic E-state index is 0.0690. The minimum Gasteiger partial charge on any atom is -0.296 e. The molecule has 2 aromatic heterocycles. The molecule has 4 rings (SSSR count). The van der Waals surface area contributed by atoms with Gasteiger partial charge in [0.1, 0.15) is 5.82 Å². The SMILES string of the molecule is O=C(CSCc1cccs1)NNC(=O)c1ccc2c(=O)n3c(nc2c1)CCC3. The van der Waals surface area contributed by atoms with Crippen molar-refractivity contribution < 1.29 is 9.59 Å². The topological polar surface area (TPSA) is 93.1 Å². The van der Waals surface area contributed by atoms with E-state index in [-0.39, 0.29) is 17.2 Å². The van der Waals surface area contributed by atoms with E-state index in [0.717, 1.165) is 24.4 Å². The number of hydrogen-bond acceptors (Lipinski definition) is 6. The van der Waals surface area contributed by atoms with Gasteiger partial charge in [0.05, 0.1) is 16.7 Å². The van der Waals surface area contributed by atoms with Crippen molar-refractivity contribution in [3.8, 4) is 0 Å². The van der Waals surface area contributed by atoms with Crippen LogP contribution in [0.25, 0.3) is 10.9 Å². The molecule has 7 nitrogen and oxygen atoms in total. The highest BCUT2D eigenvalue weighted by Gasteiger charge is 2.17. The summed E-state index contributed by atoms with van der Waals surface area (Å²) in [5.74, 6) is 1.05. The lowest BCUT2D eigenvalue weighted by molar-refractivity contribution is -0.119. The van der Waals surface area contributed by atoms with Gasteiger partial charge in [-0.25, -0.2) is 4.98 Å². The van der Waals surface area contributed by atoms with Gasteiger partial charge in [0, 0.05) is 29.2 Å². The third kappa shape index (κ3) is 3.95. The number of aryl methyl sites for hydroxylation is 1. The number of nitrogens with one attached hydrogen (secondary N) is 2. The molecule has 0 atom stereocenters. The maximum absolute atomic E-state index is 12.5. The van der Waals surface area contributed by atoms with Crippen LogP contribution >= 0.6 is 23.1 Å². The molecule has 3 heterocycles. The Kier molecular flexibility index (Phi) is 5.45. The van der Waals surface area contributed by atoms with Gasteiger partial charge in [0.15, 0.2) is 0 Å². The van der Waals surface area contributed by atoms with Crippen molar-refractivity contribution in [2.45, 2.75) is 25.1 Å². The first-order valence-electron chi connectivity index (χ1n) is 8.84. The van der Waals surface area contributed by atoms with Crippen molar-refractivity contribution in [2.24, 2.45) is 0 Å². The summed E-state index contributed by atoms with van der Waals surface area (Å²) in [4.78, 5) is 42.4. The predicted molar refractivity (Wildman–Crippen MR) is 110 cm³/mol. The maximum Gasteiger partial charge on any atom is 0.269 e. The average Bonchev–Trinajstić information content (AvgIpc) is 3.38. The normalized spacial score (nSPS) is 12.7. The van der Waals surface area contributed by atoms with Crippen LogP contribution < -0.4 is 16.4 Å². The Hall–Kier alpha value is -2.65. The summed E-state index contributed by atoms with van der Waals surface area (Å²) in [5, 5.41) is 2.49. The fourth-order valence-corrected chi connectivity index (χ4v) is 4.77. The van der Waals surface area contributed by atoms with E-state index in [1.54, 1.807) is 34.1 Å². The van der Waals surface area contributed by atoms with Gasteiger partial charge in [0.25, 0.3) is 11.5 Å². The number of aromatic nitrogens is 2. The molecule has 0 fully saturated rings. The van der Waals surface area contributed by atoms with Crippen molar-refractivity contribution in [1.82, 2.24) is 20.4 Å². The Balaban J connectivity index is 1.36. The standard InChI is InChI=1S/C19H18N4O3S2/c24-17(11-27-10-13-3-2-8-28-13)21-22-18(25)12-5-6-14-15(9-12)20-16-4-1-7-23(16)19(14)26/h2-3,5-6,8-9H,1,4,7,10-11H2,(H,21,24)(H,22,25). The van der Waals surface area contributed by atoms with Crippen LogP contribution in [0.1, 0.15) is 27.5 Å². The lowest BCUT2D eigenvalue weighted by atomic mass is 10.1. The smallest absolute Gasteiger partial charge is 0.269 e. The molecule has 1 aliphatic heterocycles. The molecule has 144 valence electrons. The summed E-state index contributed by atoms with van der Waals surface area (Å²) in [5.41, 5.74) is 5.61. The molecular weight excluding hydrogens is 396 g/mol. The second kappa shape index (κ2) is 8.15. The average molecular weight is 415 g/mol. The van der Waals surface area contributed by atoms with E-state index in [9.17, 15) is 14.4 Å². The van der Waals surface area contributed by atoms with E-state index in [1.165, 1.54) is 16.6 Å². The number of thioether (sulfide) groups is 1. The third-order valence-electron chi connectivity index (χ3n) is 4.45. The highest BCUT2D eigenvalue weighted by Crippen LogP contribution is 2.17. The van der Waals surface area contributed by atoms with Crippen LogP contribution in [0.2, 0.25) is 0 Å². The number of benzene rings is 1. The molecule has 0 unspecified atom stereocenters. The van der Waals surface area contributed by atoms with Gasteiger partial charge in [0.2, 0.25) is 5.91 Å². The first-order chi connectivity index (χ1) is 13.6. The number of hydrogen-bond donors (Lipinski definition) is 2. The summed E-state index contributed by atoms with van der Waals surface area (Å²) >= 11 is 3.13. The van der Waals surface area contributed by atoms with Gasteiger partial charge in [-0.1, -0.05) is 6.07 Å². The zero-order chi connectivity index (χ0) is 19.5. The summed E-state index contributed by atoms with van der Waals surface area (Å²) in [6, 6.07) is 8.77. The third-order valence-corrected chi connectivity index (χ3v) is 6.49. The van der Waals surface area contributed by atoms with Gasteiger partial charge < -0.3 is 0 Å². The zero-order valence-electron chi connectivity index (χ0n) is 14.9. The van der Waals surface area contributed by atoms with Crippen molar-refractivity contribution in [3.63, 3.8) is 0 Å². The number of rotatable bonds is 5. The summed E-state index contributed by atoms with van der Waals surface area (Å²) < 4.78 is 1.69. The summed E-state index contributed by atoms with van der Waals surface area (Å²) in [6.07, 6.45) is 1.67. The lowest BCUT2D eigenvalue weighted by Crippen LogP contribution is -2.42. The van der Waals surface area contributed by atoms with E-state index >= 15 is 0 Å². The number of fused-ring (bicyclic) bond motifs is 2. The molecule has 0 radical (unpaired) electrons. The first kappa shape index (κ1) is 18.7. The quantitative estimate of drug-likeness (QED) is 0.624. The summed E-state index contributed by atoms with van der Waals surface area (Å²) in [6.45, 7) is 0.690. The first-order valence-corrected chi connectivity index (χ1v) is 10.9. The molecule has 1 aromatic carbocycles. The van der Waals surface area contributed by atoms with Crippen molar-refractivity contribution in [1.29, 1.82) is 0 Å². The number of amides is 2. The predicted octanol–water partition coefficient (Wildman–Crippen LogP) is 2.10. The fourth-order valence-electron chi connectivity index (χ4n) is 3.10. The molecule has 0 aliphatic carbocycles. The van der Waals surface area contributed by atoms with Crippen LogP contribution in [0.15, 0.2) is 40.5 Å². The number of thiophene rings is 1. The summed E-state index contributed by atoms with van der Waals surface area (Å²) in [7, 11) is 0. The minimum atomic E-state index is -0.444. The van der Waals surface area contributed by atoms with Crippen molar-refractivity contribution in [3.05, 3.63) is 62.3 Å². The molecule has 0 saturated carbocycles. The van der Waals surface area contributed by atoms with Gasteiger partial charge >= 0.3 is 0 Å².